The number of nitrogens with zero attached hydrogens (tertiary/aromatic N) is 1. The van der Waals surface area contributed by atoms with Crippen molar-refractivity contribution in [1.82, 2.24) is 10.3 Å². The first-order valence-electron chi connectivity index (χ1n) is 5.54. The molecule has 0 spiro atoms. The number of thiazole rings is 1. The molecule has 17 heavy (non-hydrogen) atoms. The van der Waals surface area contributed by atoms with E-state index in [9.17, 15) is 4.39 Å². The highest BCUT2D eigenvalue weighted by Gasteiger charge is 2.07. The largest absolute Gasteiger partial charge is 0.305 e. The molecule has 1 N–H and O–H groups in total. The van der Waals surface area contributed by atoms with Crippen molar-refractivity contribution in [3.63, 3.8) is 0 Å². The number of hydrogen-bond donors (Lipinski definition) is 1. The molecular formula is C13H15FN2S. The maximum atomic E-state index is 13.1. The molecule has 0 aliphatic carbocycles. The van der Waals surface area contributed by atoms with Crippen LogP contribution in [-0.2, 0) is 6.54 Å². The molecule has 0 amide bonds. The Kier molecular flexibility index (Phi) is 3.86. The van der Waals surface area contributed by atoms with Gasteiger partial charge in [0.05, 0.1) is 11.2 Å². The van der Waals surface area contributed by atoms with E-state index < -0.39 is 0 Å². The highest BCUT2D eigenvalue weighted by molar-refractivity contribution is 7.09. The second kappa shape index (κ2) is 5.38. The van der Waals surface area contributed by atoms with E-state index in [1.165, 1.54) is 10.9 Å². The van der Waals surface area contributed by atoms with Crippen LogP contribution in [0.15, 0.2) is 29.8 Å². The van der Waals surface area contributed by atoms with Crippen LogP contribution in [0.3, 0.4) is 0 Å². The van der Waals surface area contributed by atoms with E-state index in [4.69, 9.17) is 0 Å². The molecule has 2 aromatic rings. The third-order valence-corrected chi connectivity index (χ3v) is 3.70. The van der Waals surface area contributed by atoms with E-state index in [1.54, 1.807) is 23.5 Å². The molecule has 1 atom stereocenters. The standard InChI is InChI=1S/C13H15FN2S/c1-9(11-4-3-5-12(14)6-11)15-7-13-10(2)16-8-17-13/h3-6,8-9,15H,7H2,1-2H3. The lowest BCUT2D eigenvalue weighted by molar-refractivity contribution is 0.567. The molecule has 4 heteroatoms. The predicted molar refractivity (Wildman–Crippen MR) is 68.5 cm³/mol. The van der Waals surface area contributed by atoms with Gasteiger partial charge in [0, 0.05) is 17.5 Å². The molecular weight excluding hydrogens is 235 g/mol. The Morgan fingerprint density at radius 3 is 2.94 bits per heavy atom. The lowest BCUT2D eigenvalue weighted by Gasteiger charge is -2.13. The fraction of sp³-hybridized carbons (Fsp3) is 0.308. The quantitative estimate of drug-likeness (QED) is 0.899. The SMILES string of the molecule is Cc1ncsc1CNC(C)c1cccc(F)c1. The second-order valence-corrected chi connectivity index (χ2v) is 4.96. The van der Waals surface area contributed by atoms with Gasteiger partial charge in [-0.25, -0.2) is 9.37 Å². The topological polar surface area (TPSA) is 24.9 Å². The molecule has 0 aliphatic rings. The smallest absolute Gasteiger partial charge is 0.123 e. The Morgan fingerprint density at radius 2 is 2.29 bits per heavy atom. The van der Waals surface area contributed by atoms with Crippen LogP contribution < -0.4 is 5.32 Å². The van der Waals surface area contributed by atoms with E-state index in [0.717, 1.165) is 17.8 Å². The molecule has 2 nitrogen and oxygen atoms in total. The summed E-state index contributed by atoms with van der Waals surface area (Å²) in [6, 6.07) is 6.83. The van der Waals surface area contributed by atoms with Gasteiger partial charge in [-0.3, -0.25) is 0 Å². The first-order chi connectivity index (χ1) is 8.16. The minimum Gasteiger partial charge on any atom is -0.305 e. The number of rotatable bonds is 4. The van der Waals surface area contributed by atoms with Crippen LogP contribution in [0.2, 0.25) is 0 Å². The van der Waals surface area contributed by atoms with Crippen molar-refractivity contribution >= 4 is 11.3 Å². The van der Waals surface area contributed by atoms with E-state index in [2.05, 4.69) is 10.3 Å². The van der Waals surface area contributed by atoms with E-state index >= 15 is 0 Å². The third-order valence-electron chi connectivity index (χ3n) is 2.76. The summed E-state index contributed by atoms with van der Waals surface area (Å²) in [7, 11) is 0. The zero-order valence-electron chi connectivity index (χ0n) is 9.90. The predicted octanol–water partition coefficient (Wildman–Crippen LogP) is 3.44. The summed E-state index contributed by atoms with van der Waals surface area (Å²) in [5.74, 6) is -0.190. The van der Waals surface area contributed by atoms with Gasteiger partial charge in [0.2, 0.25) is 0 Å². The number of halogens is 1. The van der Waals surface area contributed by atoms with Gasteiger partial charge in [-0.1, -0.05) is 12.1 Å². The number of benzene rings is 1. The van der Waals surface area contributed by atoms with Crippen LogP contribution >= 0.6 is 11.3 Å². The molecule has 0 saturated heterocycles. The second-order valence-electron chi connectivity index (χ2n) is 4.02. The Hall–Kier alpha value is -1.26. The number of aromatic nitrogens is 1. The van der Waals surface area contributed by atoms with Gasteiger partial charge in [-0.15, -0.1) is 11.3 Å². The summed E-state index contributed by atoms with van der Waals surface area (Å²) < 4.78 is 13.1. The highest BCUT2D eigenvalue weighted by Crippen LogP contribution is 2.16. The molecule has 1 aromatic heterocycles. The van der Waals surface area contributed by atoms with Gasteiger partial charge < -0.3 is 5.32 Å². The molecule has 0 bridgehead atoms. The third kappa shape index (κ3) is 3.11. The van der Waals surface area contributed by atoms with Crippen molar-refractivity contribution in [3.05, 3.63) is 51.7 Å². The first kappa shape index (κ1) is 12.2. The summed E-state index contributed by atoms with van der Waals surface area (Å²) in [6.45, 7) is 4.81. The monoisotopic (exact) mass is 250 g/mol. The van der Waals surface area contributed by atoms with Gasteiger partial charge in [0.25, 0.3) is 0 Å². The maximum absolute atomic E-state index is 13.1. The van der Waals surface area contributed by atoms with Gasteiger partial charge >= 0.3 is 0 Å². The molecule has 1 aromatic carbocycles. The van der Waals surface area contributed by atoms with Gasteiger partial charge in [-0.2, -0.15) is 0 Å². The normalized spacial score (nSPS) is 12.6. The Balaban J connectivity index is 1.98. The Labute approximate surface area is 105 Å². The molecule has 2 rings (SSSR count). The molecule has 0 radical (unpaired) electrons. The highest BCUT2D eigenvalue weighted by atomic mass is 32.1. The maximum Gasteiger partial charge on any atom is 0.123 e. The summed E-state index contributed by atoms with van der Waals surface area (Å²) in [4.78, 5) is 5.43. The molecule has 0 saturated carbocycles. The van der Waals surface area contributed by atoms with Crippen LogP contribution in [0, 0.1) is 12.7 Å². The van der Waals surface area contributed by atoms with Gasteiger partial charge in [-0.05, 0) is 31.5 Å². The molecule has 0 aliphatic heterocycles. The van der Waals surface area contributed by atoms with Crippen LogP contribution in [0.4, 0.5) is 4.39 Å². The summed E-state index contributed by atoms with van der Waals surface area (Å²) >= 11 is 1.64. The Bertz CT molecular complexity index is 496. The van der Waals surface area contributed by atoms with Crippen molar-refractivity contribution in [2.75, 3.05) is 0 Å². The zero-order valence-corrected chi connectivity index (χ0v) is 10.7. The van der Waals surface area contributed by atoms with Crippen molar-refractivity contribution in [2.24, 2.45) is 0 Å². The van der Waals surface area contributed by atoms with Crippen molar-refractivity contribution in [1.29, 1.82) is 0 Å². The fourth-order valence-corrected chi connectivity index (χ4v) is 2.36. The van der Waals surface area contributed by atoms with Crippen LogP contribution in [0.5, 0.6) is 0 Å². The van der Waals surface area contributed by atoms with Crippen LogP contribution in [-0.4, -0.2) is 4.98 Å². The van der Waals surface area contributed by atoms with Crippen LogP contribution in [0.1, 0.15) is 29.1 Å². The molecule has 1 unspecified atom stereocenters. The Morgan fingerprint density at radius 1 is 1.47 bits per heavy atom. The number of hydrogen-bond acceptors (Lipinski definition) is 3. The number of nitrogens with one attached hydrogen (secondary N) is 1. The van der Waals surface area contributed by atoms with E-state index in [0.29, 0.717) is 0 Å². The summed E-state index contributed by atoms with van der Waals surface area (Å²) in [5.41, 5.74) is 3.88. The lowest BCUT2D eigenvalue weighted by atomic mass is 10.1. The fourth-order valence-electron chi connectivity index (χ4n) is 1.64. The van der Waals surface area contributed by atoms with Crippen molar-refractivity contribution in [2.45, 2.75) is 26.4 Å². The van der Waals surface area contributed by atoms with Crippen molar-refractivity contribution < 1.29 is 4.39 Å². The molecule has 0 fully saturated rings. The summed E-state index contributed by atoms with van der Waals surface area (Å²) in [6.07, 6.45) is 0. The average molecular weight is 250 g/mol. The minimum atomic E-state index is -0.190. The van der Waals surface area contributed by atoms with Gasteiger partial charge in [0.1, 0.15) is 5.82 Å². The summed E-state index contributed by atoms with van der Waals surface area (Å²) in [5, 5.41) is 3.37. The van der Waals surface area contributed by atoms with E-state index in [-0.39, 0.29) is 11.9 Å². The van der Waals surface area contributed by atoms with Crippen molar-refractivity contribution in [3.8, 4) is 0 Å². The average Bonchev–Trinajstić information content (AvgIpc) is 2.72. The lowest BCUT2D eigenvalue weighted by Crippen LogP contribution is -2.18. The van der Waals surface area contributed by atoms with Crippen LogP contribution in [0.25, 0.3) is 0 Å². The zero-order chi connectivity index (χ0) is 12.3. The molecule has 1 heterocycles. The number of aryl methyl sites for hydroxylation is 1. The van der Waals surface area contributed by atoms with Gasteiger partial charge in [0.15, 0.2) is 0 Å². The minimum absolute atomic E-state index is 0.132. The van der Waals surface area contributed by atoms with E-state index in [1.807, 2.05) is 25.4 Å². The first-order valence-corrected chi connectivity index (χ1v) is 6.42. The molecule has 90 valence electrons.